The molecule has 0 aliphatic rings. The van der Waals surface area contributed by atoms with Gasteiger partial charge in [0.1, 0.15) is 11.6 Å². The molecule has 1 N–H and O–H groups in total. The molecule has 0 saturated carbocycles. The number of rotatable bonds is 8. The molecule has 4 nitrogen and oxygen atoms in total. The van der Waals surface area contributed by atoms with Crippen LogP contribution in [-0.4, -0.2) is 19.6 Å². The first-order valence-electron chi connectivity index (χ1n) is 20.4. The van der Waals surface area contributed by atoms with Crippen molar-refractivity contribution in [2.45, 2.75) is 79.6 Å². The van der Waals surface area contributed by atoms with E-state index in [9.17, 15) is 5.11 Å². The summed E-state index contributed by atoms with van der Waals surface area (Å²) >= 11 is 0. The van der Waals surface area contributed by atoms with Gasteiger partial charge in [0.05, 0.1) is 28.0 Å². The molecule has 0 spiro atoms. The Balaban J connectivity index is 1.30. The molecular formula is C54H53N3O. The molecule has 8 rings (SSSR count). The third kappa shape index (κ3) is 7.24. The van der Waals surface area contributed by atoms with Crippen LogP contribution in [0, 0.1) is 20.8 Å². The summed E-state index contributed by atoms with van der Waals surface area (Å²) in [5, 5.41) is 11.6. The SMILES string of the molecule is CCC(C)(C)c1ccc(-n2c(-c3cc(C)cc(C)c3O)nc3c(-c4cc(-c5cc(-c6ccc(-c7ccccc7)cc6)ccn5)cc(C(C)(C)C)c4)cccc32)c(C)c1. The van der Waals surface area contributed by atoms with Gasteiger partial charge >= 0.3 is 0 Å². The quantitative estimate of drug-likeness (QED) is 0.168. The molecule has 0 amide bonds. The van der Waals surface area contributed by atoms with Crippen molar-refractivity contribution >= 4 is 11.0 Å². The van der Waals surface area contributed by atoms with E-state index in [1.54, 1.807) is 0 Å². The van der Waals surface area contributed by atoms with Crippen LogP contribution in [0.3, 0.4) is 0 Å². The number of pyridine rings is 1. The number of hydrogen-bond donors (Lipinski definition) is 1. The van der Waals surface area contributed by atoms with Crippen LogP contribution in [0.4, 0.5) is 0 Å². The van der Waals surface area contributed by atoms with Crippen LogP contribution in [0.5, 0.6) is 5.75 Å². The molecule has 58 heavy (non-hydrogen) atoms. The maximum atomic E-state index is 11.6. The van der Waals surface area contributed by atoms with E-state index < -0.39 is 0 Å². The van der Waals surface area contributed by atoms with E-state index >= 15 is 0 Å². The minimum absolute atomic E-state index is 0.0549. The van der Waals surface area contributed by atoms with E-state index in [1.807, 2.05) is 25.3 Å². The Kier molecular flexibility index (Phi) is 9.93. The van der Waals surface area contributed by atoms with Crippen molar-refractivity contribution in [2.24, 2.45) is 0 Å². The Hall–Kier alpha value is -6.26. The van der Waals surface area contributed by atoms with Gasteiger partial charge in [-0.1, -0.05) is 133 Å². The standard InChI is InChI=1S/C54H53N3O/c1-10-54(8,9)43-23-24-48(35(3)29-43)57-49-18-14-17-45(50(49)56-52(57)46-28-34(2)27-36(4)51(46)58)41-30-42(32-44(31-41)53(5,6)7)47-33-40(25-26-55-47)39-21-19-38(20-22-39)37-15-12-11-13-16-37/h11-33,58H,10H2,1-9H3. The maximum absolute atomic E-state index is 11.6. The number of phenols is 1. The highest BCUT2D eigenvalue weighted by Gasteiger charge is 2.25. The molecule has 0 saturated heterocycles. The highest BCUT2D eigenvalue weighted by atomic mass is 16.3. The third-order valence-corrected chi connectivity index (χ3v) is 12.0. The predicted molar refractivity (Wildman–Crippen MR) is 244 cm³/mol. The van der Waals surface area contributed by atoms with Gasteiger partial charge in [0, 0.05) is 17.3 Å². The molecule has 0 bridgehead atoms. The molecule has 8 aromatic rings. The van der Waals surface area contributed by atoms with Crippen molar-refractivity contribution in [3.05, 3.63) is 167 Å². The first-order chi connectivity index (χ1) is 27.7. The average molecular weight is 760 g/mol. The van der Waals surface area contributed by atoms with E-state index in [-0.39, 0.29) is 16.6 Å². The minimum Gasteiger partial charge on any atom is -0.507 e. The second-order valence-electron chi connectivity index (χ2n) is 17.6. The molecule has 0 radical (unpaired) electrons. The molecule has 0 aliphatic carbocycles. The lowest BCUT2D eigenvalue weighted by molar-refractivity contribution is 0.472. The van der Waals surface area contributed by atoms with Crippen molar-refractivity contribution < 1.29 is 5.11 Å². The first kappa shape index (κ1) is 38.6. The van der Waals surface area contributed by atoms with Crippen molar-refractivity contribution in [2.75, 3.05) is 0 Å². The number of aromatic hydroxyl groups is 1. The molecule has 6 aromatic carbocycles. The fraction of sp³-hybridized carbons (Fsp3) is 0.222. The lowest BCUT2D eigenvalue weighted by Gasteiger charge is -2.25. The van der Waals surface area contributed by atoms with Crippen molar-refractivity contribution in [1.29, 1.82) is 0 Å². The summed E-state index contributed by atoms with van der Waals surface area (Å²) in [6.07, 6.45) is 2.96. The first-order valence-corrected chi connectivity index (χ1v) is 20.4. The summed E-state index contributed by atoms with van der Waals surface area (Å²) in [5.74, 6) is 0.972. The minimum atomic E-state index is -0.121. The average Bonchev–Trinajstić information content (AvgIpc) is 3.61. The van der Waals surface area contributed by atoms with E-state index in [1.165, 1.54) is 22.3 Å². The lowest BCUT2D eigenvalue weighted by atomic mass is 9.81. The van der Waals surface area contributed by atoms with E-state index in [4.69, 9.17) is 9.97 Å². The van der Waals surface area contributed by atoms with E-state index in [0.717, 1.165) is 84.7 Å². The number of nitrogens with zero attached hydrogens (tertiary/aromatic N) is 3. The Morgan fingerprint density at radius 1 is 0.569 bits per heavy atom. The van der Waals surface area contributed by atoms with Gasteiger partial charge in [-0.3, -0.25) is 9.55 Å². The Bertz CT molecular complexity index is 2800. The molecule has 2 aromatic heterocycles. The van der Waals surface area contributed by atoms with Gasteiger partial charge in [-0.15, -0.1) is 0 Å². The summed E-state index contributed by atoms with van der Waals surface area (Å²) in [5.41, 5.74) is 17.9. The van der Waals surface area contributed by atoms with Crippen LogP contribution < -0.4 is 0 Å². The van der Waals surface area contributed by atoms with Crippen LogP contribution >= 0.6 is 0 Å². The molecule has 0 atom stereocenters. The highest BCUT2D eigenvalue weighted by molar-refractivity contribution is 5.97. The number of para-hydroxylation sites is 1. The van der Waals surface area contributed by atoms with Crippen LogP contribution in [0.25, 0.3) is 72.7 Å². The van der Waals surface area contributed by atoms with Gasteiger partial charge in [-0.25, -0.2) is 4.98 Å². The number of aromatic nitrogens is 3. The number of fused-ring (bicyclic) bond motifs is 1. The summed E-state index contributed by atoms with van der Waals surface area (Å²) in [6, 6.07) is 47.7. The van der Waals surface area contributed by atoms with Gasteiger partial charge in [-0.2, -0.15) is 0 Å². The zero-order chi connectivity index (χ0) is 40.9. The van der Waals surface area contributed by atoms with Gasteiger partial charge < -0.3 is 5.11 Å². The van der Waals surface area contributed by atoms with Crippen LogP contribution in [0.2, 0.25) is 0 Å². The Morgan fingerprint density at radius 3 is 1.95 bits per heavy atom. The summed E-state index contributed by atoms with van der Waals surface area (Å²) in [4.78, 5) is 10.4. The number of hydrogen-bond acceptors (Lipinski definition) is 3. The van der Waals surface area contributed by atoms with Crippen molar-refractivity contribution in [3.63, 3.8) is 0 Å². The molecule has 0 aliphatic heterocycles. The Labute approximate surface area is 343 Å². The molecule has 4 heteroatoms. The van der Waals surface area contributed by atoms with Gasteiger partial charge in [0.2, 0.25) is 0 Å². The lowest BCUT2D eigenvalue weighted by Crippen LogP contribution is -2.16. The van der Waals surface area contributed by atoms with Gasteiger partial charge in [0.25, 0.3) is 0 Å². The zero-order valence-corrected chi connectivity index (χ0v) is 35.3. The van der Waals surface area contributed by atoms with Gasteiger partial charge in [0.15, 0.2) is 0 Å². The third-order valence-electron chi connectivity index (χ3n) is 12.0. The maximum Gasteiger partial charge on any atom is 0.149 e. The van der Waals surface area contributed by atoms with Crippen molar-refractivity contribution in [3.8, 4) is 67.5 Å². The fourth-order valence-corrected chi connectivity index (χ4v) is 8.04. The topological polar surface area (TPSA) is 50.9 Å². The monoisotopic (exact) mass is 759 g/mol. The normalized spacial score (nSPS) is 12.0. The molecule has 2 heterocycles. The van der Waals surface area contributed by atoms with Crippen molar-refractivity contribution in [1.82, 2.24) is 14.5 Å². The molecule has 0 unspecified atom stereocenters. The predicted octanol–water partition coefficient (Wildman–Crippen LogP) is 14.4. The second kappa shape index (κ2) is 14.9. The number of aryl methyl sites for hydroxylation is 3. The summed E-state index contributed by atoms with van der Waals surface area (Å²) in [6.45, 7) is 19.8. The molecule has 0 fully saturated rings. The van der Waals surface area contributed by atoms with E-state index in [2.05, 4.69) is 181 Å². The fourth-order valence-electron chi connectivity index (χ4n) is 8.04. The smallest absolute Gasteiger partial charge is 0.149 e. The molecule has 290 valence electrons. The molecular weight excluding hydrogens is 707 g/mol. The zero-order valence-electron chi connectivity index (χ0n) is 35.3. The summed E-state index contributed by atoms with van der Waals surface area (Å²) < 4.78 is 2.24. The second-order valence-corrected chi connectivity index (χ2v) is 17.6. The number of phenolic OH excluding ortho intramolecular Hbond substituents is 1. The Morgan fingerprint density at radius 2 is 1.26 bits per heavy atom. The van der Waals surface area contributed by atoms with Crippen LogP contribution in [-0.2, 0) is 10.8 Å². The van der Waals surface area contributed by atoms with E-state index in [0.29, 0.717) is 0 Å². The number of imidazole rings is 1. The van der Waals surface area contributed by atoms with Gasteiger partial charge in [-0.05, 0) is 136 Å². The van der Waals surface area contributed by atoms with Crippen LogP contribution in [0.1, 0.15) is 75.8 Å². The summed E-state index contributed by atoms with van der Waals surface area (Å²) in [7, 11) is 0. The highest BCUT2D eigenvalue weighted by Crippen LogP contribution is 2.42. The number of benzene rings is 6. The van der Waals surface area contributed by atoms with Crippen LogP contribution in [0.15, 0.2) is 140 Å². The largest absolute Gasteiger partial charge is 0.507 e.